The Balaban J connectivity index is 1.44. The first kappa shape index (κ1) is 19.8. The van der Waals surface area contributed by atoms with Crippen LogP contribution in [0.4, 0.5) is 20.7 Å². The molecule has 3 aromatic rings. The van der Waals surface area contributed by atoms with Crippen LogP contribution in [0, 0.1) is 19.7 Å². The first-order chi connectivity index (χ1) is 14.5. The van der Waals surface area contributed by atoms with Crippen LogP contribution in [0.15, 0.2) is 54.6 Å². The second-order valence-corrected chi connectivity index (χ2v) is 7.42. The van der Waals surface area contributed by atoms with Gasteiger partial charge in [0.05, 0.1) is 0 Å². The van der Waals surface area contributed by atoms with E-state index < -0.39 is 0 Å². The fourth-order valence-corrected chi connectivity index (χ4v) is 3.52. The first-order valence-corrected chi connectivity index (χ1v) is 9.98. The van der Waals surface area contributed by atoms with E-state index in [0.717, 1.165) is 22.8 Å². The lowest BCUT2D eigenvalue weighted by atomic mass is 10.2. The summed E-state index contributed by atoms with van der Waals surface area (Å²) < 4.78 is 13.6. The molecular weight excluding hydrogens is 381 g/mol. The molecule has 2 amide bonds. The van der Waals surface area contributed by atoms with Crippen molar-refractivity contribution in [3.8, 4) is 11.4 Å². The van der Waals surface area contributed by atoms with Crippen LogP contribution in [0.3, 0.4) is 0 Å². The summed E-state index contributed by atoms with van der Waals surface area (Å²) in [4.78, 5) is 25.7. The number of nitrogens with zero attached hydrogens (tertiary/aromatic N) is 4. The first-order valence-electron chi connectivity index (χ1n) is 9.98. The average Bonchev–Trinajstić information content (AvgIpc) is 2.75. The smallest absolute Gasteiger partial charge is 0.321 e. The number of halogens is 1. The van der Waals surface area contributed by atoms with E-state index in [1.807, 2.05) is 49.1 Å². The number of carbonyl (C=O) groups excluding carboxylic acids is 1. The molecule has 154 valence electrons. The maximum Gasteiger partial charge on any atom is 0.321 e. The van der Waals surface area contributed by atoms with Gasteiger partial charge in [-0.3, -0.25) is 0 Å². The summed E-state index contributed by atoms with van der Waals surface area (Å²) >= 11 is 0. The quantitative estimate of drug-likeness (QED) is 0.708. The average molecular weight is 405 g/mol. The Labute approximate surface area is 175 Å². The summed E-state index contributed by atoms with van der Waals surface area (Å²) in [5.41, 5.74) is 3.33. The van der Waals surface area contributed by atoms with Gasteiger partial charge in [0.25, 0.3) is 0 Å². The lowest BCUT2D eigenvalue weighted by Gasteiger charge is -2.35. The third-order valence-corrected chi connectivity index (χ3v) is 5.20. The molecule has 4 rings (SSSR count). The van der Waals surface area contributed by atoms with Gasteiger partial charge in [-0.25, -0.2) is 19.2 Å². The van der Waals surface area contributed by atoms with Gasteiger partial charge in [-0.05, 0) is 37.6 Å². The molecule has 2 aromatic carbocycles. The molecule has 0 bridgehead atoms. The minimum absolute atomic E-state index is 0.0942. The van der Waals surface area contributed by atoms with Crippen LogP contribution in [-0.2, 0) is 0 Å². The molecule has 1 fully saturated rings. The number of piperazine rings is 1. The number of aryl methyl sites for hydroxylation is 2. The monoisotopic (exact) mass is 405 g/mol. The minimum Gasteiger partial charge on any atom is -0.353 e. The third-order valence-electron chi connectivity index (χ3n) is 5.20. The van der Waals surface area contributed by atoms with Crippen molar-refractivity contribution in [2.24, 2.45) is 0 Å². The van der Waals surface area contributed by atoms with Crippen molar-refractivity contribution in [1.82, 2.24) is 14.9 Å². The molecule has 0 unspecified atom stereocenters. The number of aromatic nitrogens is 2. The molecule has 1 saturated heterocycles. The fourth-order valence-electron chi connectivity index (χ4n) is 3.52. The molecule has 1 aliphatic heterocycles. The molecule has 1 aromatic heterocycles. The topological polar surface area (TPSA) is 61.4 Å². The highest BCUT2D eigenvalue weighted by Gasteiger charge is 2.23. The van der Waals surface area contributed by atoms with E-state index >= 15 is 0 Å². The van der Waals surface area contributed by atoms with Crippen LogP contribution < -0.4 is 10.2 Å². The summed E-state index contributed by atoms with van der Waals surface area (Å²) in [6.07, 6.45) is 0. The molecule has 30 heavy (non-hydrogen) atoms. The van der Waals surface area contributed by atoms with E-state index in [2.05, 4.69) is 20.2 Å². The second kappa shape index (κ2) is 8.49. The molecule has 0 atom stereocenters. The van der Waals surface area contributed by atoms with Crippen molar-refractivity contribution in [1.29, 1.82) is 0 Å². The van der Waals surface area contributed by atoms with Crippen LogP contribution in [0.1, 0.15) is 11.3 Å². The number of hydrogen-bond acceptors (Lipinski definition) is 4. The van der Waals surface area contributed by atoms with Crippen molar-refractivity contribution in [3.05, 3.63) is 71.7 Å². The predicted molar refractivity (Wildman–Crippen MR) is 116 cm³/mol. The maximum absolute atomic E-state index is 13.6. The van der Waals surface area contributed by atoms with Crippen LogP contribution in [-0.4, -0.2) is 47.1 Å². The summed E-state index contributed by atoms with van der Waals surface area (Å²) in [6.45, 7) is 6.40. The van der Waals surface area contributed by atoms with Crippen molar-refractivity contribution >= 4 is 17.5 Å². The van der Waals surface area contributed by atoms with Crippen molar-refractivity contribution in [3.63, 3.8) is 0 Å². The Bertz CT molecular complexity index is 1060. The van der Waals surface area contributed by atoms with Gasteiger partial charge in [0.1, 0.15) is 11.6 Å². The minimum atomic E-state index is -0.313. The number of benzene rings is 2. The molecule has 6 nitrogen and oxygen atoms in total. The molecule has 1 N–H and O–H groups in total. The number of nitrogens with one attached hydrogen (secondary N) is 1. The van der Waals surface area contributed by atoms with Crippen molar-refractivity contribution in [2.45, 2.75) is 13.8 Å². The van der Waals surface area contributed by atoms with E-state index in [1.54, 1.807) is 12.1 Å². The third kappa shape index (κ3) is 4.40. The fraction of sp³-hybridized carbons (Fsp3) is 0.261. The Kier molecular flexibility index (Phi) is 5.61. The lowest BCUT2D eigenvalue weighted by molar-refractivity contribution is 0.208. The molecule has 7 heteroatoms. The number of para-hydroxylation sites is 1. The Morgan fingerprint density at radius 3 is 2.47 bits per heavy atom. The highest BCUT2D eigenvalue weighted by Crippen LogP contribution is 2.22. The number of hydrogen-bond donors (Lipinski definition) is 1. The molecule has 0 spiro atoms. The van der Waals surface area contributed by atoms with Gasteiger partial charge in [0.15, 0.2) is 5.82 Å². The Hall–Kier alpha value is -3.48. The number of carbonyl (C=O) groups is 1. The molecule has 1 aliphatic rings. The number of rotatable bonds is 3. The van der Waals surface area contributed by atoms with Gasteiger partial charge < -0.3 is 15.1 Å². The predicted octanol–water partition coefficient (Wildman–Crippen LogP) is 4.25. The highest BCUT2D eigenvalue weighted by atomic mass is 19.1. The Morgan fingerprint density at radius 1 is 0.967 bits per heavy atom. The number of anilines is 2. The summed E-state index contributed by atoms with van der Waals surface area (Å²) in [6, 6.07) is 15.9. The standard InChI is InChI=1S/C23H24FN5O/c1-16-6-3-4-9-20(16)26-23(30)29-12-10-28(11-13-29)21-14-17(2)25-22(27-21)18-7-5-8-19(24)15-18/h3-9,14-15H,10-13H2,1-2H3,(H,26,30). The van der Waals surface area contributed by atoms with Crippen molar-refractivity contribution in [2.75, 3.05) is 36.4 Å². The molecule has 0 radical (unpaired) electrons. The summed E-state index contributed by atoms with van der Waals surface area (Å²) in [5.74, 6) is 0.984. The Morgan fingerprint density at radius 2 is 1.73 bits per heavy atom. The second-order valence-electron chi connectivity index (χ2n) is 7.42. The molecule has 2 heterocycles. The van der Waals surface area contributed by atoms with Crippen LogP contribution in [0.25, 0.3) is 11.4 Å². The zero-order valence-corrected chi connectivity index (χ0v) is 17.1. The van der Waals surface area contributed by atoms with E-state index in [4.69, 9.17) is 0 Å². The van der Waals surface area contributed by atoms with Gasteiger partial charge in [0, 0.05) is 49.2 Å². The molecule has 0 aliphatic carbocycles. The summed E-state index contributed by atoms with van der Waals surface area (Å²) in [7, 11) is 0. The molecule has 0 saturated carbocycles. The SMILES string of the molecule is Cc1cc(N2CCN(C(=O)Nc3ccccc3C)CC2)nc(-c2cccc(F)c2)n1. The van der Waals surface area contributed by atoms with E-state index in [-0.39, 0.29) is 11.8 Å². The van der Waals surface area contributed by atoms with E-state index in [0.29, 0.717) is 37.6 Å². The van der Waals surface area contributed by atoms with Crippen LogP contribution >= 0.6 is 0 Å². The lowest BCUT2D eigenvalue weighted by Crippen LogP contribution is -2.50. The normalized spacial score (nSPS) is 14.0. The van der Waals surface area contributed by atoms with Crippen molar-refractivity contribution < 1.29 is 9.18 Å². The highest BCUT2D eigenvalue weighted by molar-refractivity contribution is 5.90. The van der Waals surface area contributed by atoms with Gasteiger partial charge in [-0.15, -0.1) is 0 Å². The van der Waals surface area contributed by atoms with E-state index in [1.165, 1.54) is 12.1 Å². The zero-order chi connectivity index (χ0) is 21.1. The van der Waals surface area contributed by atoms with Gasteiger partial charge in [0.2, 0.25) is 0 Å². The zero-order valence-electron chi connectivity index (χ0n) is 17.1. The number of urea groups is 1. The number of amides is 2. The maximum atomic E-state index is 13.6. The van der Waals surface area contributed by atoms with E-state index in [9.17, 15) is 9.18 Å². The van der Waals surface area contributed by atoms with Gasteiger partial charge in [-0.1, -0.05) is 30.3 Å². The van der Waals surface area contributed by atoms with Gasteiger partial charge in [-0.2, -0.15) is 0 Å². The molecular formula is C23H24FN5O. The summed E-state index contributed by atoms with van der Waals surface area (Å²) in [5, 5.41) is 2.99. The van der Waals surface area contributed by atoms with Gasteiger partial charge >= 0.3 is 6.03 Å². The van der Waals surface area contributed by atoms with Crippen LogP contribution in [0.2, 0.25) is 0 Å². The van der Waals surface area contributed by atoms with Crippen LogP contribution in [0.5, 0.6) is 0 Å². The largest absolute Gasteiger partial charge is 0.353 e.